The molecule has 0 aliphatic rings. The molecule has 31 heavy (non-hydrogen) atoms. The number of aromatic nitrogens is 3. The number of hydrogen-bond acceptors (Lipinski definition) is 7. The molecule has 1 amide bonds. The molecular weight excluding hydrogens is 414 g/mol. The van der Waals surface area contributed by atoms with Gasteiger partial charge in [-0.3, -0.25) is 4.79 Å². The van der Waals surface area contributed by atoms with Gasteiger partial charge in [0.05, 0.1) is 18.6 Å². The second-order valence-corrected chi connectivity index (χ2v) is 8.23. The molecule has 3 N–H and O–H groups in total. The quantitative estimate of drug-likeness (QED) is 0.385. The zero-order valence-corrected chi connectivity index (χ0v) is 18.9. The maximum atomic E-state index is 12.3. The summed E-state index contributed by atoms with van der Waals surface area (Å²) in [4.78, 5) is 12.3. The zero-order valence-electron chi connectivity index (χ0n) is 18.1. The van der Waals surface area contributed by atoms with Crippen LogP contribution < -0.4 is 20.6 Å². The highest BCUT2D eigenvalue weighted by atomic mass is 32.2. The lowest BCUT2D eigenvalue weighted by molar-refractivity contribution is -0.113. The van der Waals surface area contributed by atoms with Crippen LogP contribution in [0.25, 0.3) is 0 Å². The highest BCUT2D eigenvalue weighted by Crippen LogP contribution is 2.28. The van der Waals surface area contributed by atoms with Gasteiger partial charge in [-0.05, 0) is 42.2 Å². The van der Waals surface area contributed by atoms with Crippen molar-refractivity contribution >= 4 is 23.4 Å². The van der Waals surface area contributed by atoms with Crippen molar-refractivity contribution in [1.82, 2.24) is 14.9 Å². The van der Waals surface area contributed by atoms with Crippen LogP contribution in [0.5, 0.6) is 11.5 Å². The molecule has 1 aromatic heterocycles. The molecule has 0 fully saturated rings. The molecule has 0 unspecified atom stereocenters. The fraction of sp³-hybridized carbons (Fsp3) is 0.318. The highest BCUT2D eigenvalue weighted by molar-refractivity contribution is 7.99. The number of ether oxygens (including phenoxy) is 2. The van der Waals surface area contributed by atoms with Crippen LogP contribution in [0, 0.1) is 6.92 Å². The van der Waals surface area contributed by atoms with Gasteiger partial charge in [0.15, 0.2) is 5.82 Å². The number of nitrogens with one attached hydrogen (secondary N) is 1. The molecule has 2 aromatic carbocycles. The highest BCUT2D eigenvalue weighted by Gasteiger charge is 2.15. The fourth-order valence-electron chi connectivity index (χ4n) is 2.95. The first-order valence-corrected chi connectivity index (χ1v) is 10.9. The predicted molar refractivity (Wildman–Crippen MR) is 122 cm³/mol. The van der Waals surface area contributed by atoms with Gasteiger partial charge >= 0.3 is 0 Å². The van der Waals surface area contributed by atoms with Gasteiger partial charge in [0.2, 0.25) is 11.1 Å². The molecule has 0 saturated carbocycles. The van der Waals surface area contributed by atoms with E-state index in [4.69, 9.17) is 15.3 Å². The molecule has 0 bridgehead atoms. The molecular formula is C22H27N5O3S. The lowest BCUT2D eigenvalue weighted by Crippen LogP contribution is -2.18. The van der Waals surface area contributed by atoms with E-state index >= 15 is 0 Å². The van der Waals surface area contributed by atoms with Gasteiger partial charge in [-0.1, -0.05) is 49.9 Å². The lowest BCUT2D eigenvalue weighted by Gasteiger charge is -2.14. The van der Waals surface area contributed by atoms with E-state index in [2.05, 4.69) is 41.5 Å². The van der Waals surface area contributed by atoms with Crippen LogP contribution in [0.4, 0.5) is 5.69 Å². The predicted octanol–water partition coefficient (Wildman–Crippen LogP) is 3.74. The lowest BCUT2D eigenvalue weighted by atomic mass is 10.0. The number of nitrogen functional groups attached to an aromatic ring is 1. The maximum absolute atomic E-state index is 12.3. The smallest absolute Gasteiger partial charge is 0.234 e. The standard InChI is InChI=1S/C22H27N5O3S/c1-14(2)16-10-9-15(3)11-19(16)30-12-20-25-26-22(27(20)23)31-13-21(28)24-17-7-5-6-8-18(17)29-4/h5-11,14H,12-13,23H2,1-4H3,(H,24,28). The van der Waals surface area contributed by atoms with Crippen molar-refractivity contribution < 1.29 is 14.3 Å². The molecule has 9 heteroatoms. The Labute approximate surface area is 186 Å². The van der Waals surface area contributed by atoms with Gasteiger partial charge in [0.25, 0.3) is 0 Å². The van der Waals surface area contributed by atoms with Gasteiger partial charge in [0, 0.05) is 0 Å². The molecule has 3 rings (SSSR count). The number of carbonyl (C=O) groups is 1. The van der Waals surface area contributed by atoms with Crippen LogP contribution in [0.3, 0.4) is 0 Å². The first-order valence-electron chi connectivity index (χ1n) is 9.87. The minimum Gasteiger partial charge on any atom is -0.495 e. The van der Waals surface area contributed by atoms with E-state index in [0.29, 0.717) is 28.3 Å². The Morgan fingerprint density at radius 1 is 1.19 bits per heavy atom. The second-order valence-electron chi connectivity index (χ2n) is 7.29. The summed E-state index contributed by atoms with van der Waals surface area (Å²) in [6.07, 6.45) is 0. The van der Waals surface area contributed by atoms with Crippen molar-refractivity contribution in [2.75, 3.05) is 24.0 Å². The monoisotopic (exact) mass is 441 g/mol. The van der Waals surface area contributed by atoms with Crippen molar-refractivity contribution in [3.8, 4) is 11.5 Å². The number of nitrogens with two attached hydrogens (primary N) is 1. The number of rotatable bonds is 9. The van der Waals surface area contributed by atoms with E-state index in [9.17, 15) is 4.79 Å². The summed E-state index contributed by atoms with van der Waals surface area (Å²) < 4.78 is 12.6. The summed E-state index contributed by atoms with van der Waals surface area (Å²) in [6, 6.07) is 13.4. The van der Waals surface area contributed by atoms with Gasteiger partial charge in [-0.25, -0.2) is 4.68 Å². The molecule has 1 heterocycles. The van der Waals surface area contributed by atoms with Crippen molar-refractivity contribution in [2.45, 2.75) is 38.5 Å². The van der Waals surface area contributed by atoms with Gasteiger partial charge < -0.3 is 20.6 Å². The van der Waals surface area contributed by atoms with Crippen LogP contribution in [-0.4, -0.2) is 33.6 Å². The Morgan fingerprint density at radius 2 is 1.97 bits per heavy atom. The Bertz CT molecular complexity index is 1050. The van der Waals surface area contributed by atoms with Crippen LogP contribution >= 0.6 is 11.8 Å². The third-order valence-electron chi connectivity index (χ3n) is 4.60. The number of amides is 1. The van der Waals surface area contributed by atoms with Crippen LogP contribution in [0.1, 0.15) is 36.7 Å². The van der Waals surface area contributed by atoms with Gasteiger partial charge in [-0.15, -0.1) is 10.2 Å². The van der Waals surface area contributed by atoms with Crippen molar-refractivity contribution in [3.63, 3.8) is 0 Å². The summed E-state index contributed by atoms with van der Waals surface area (Å²) in [5, 5.41) is 11.4. The summed E-state index contributed by atoms with van der Waals surface area (Å²) >= 11 is 1.20. The van der Waals surface area contributed by atoms with Crippen LogP contribution in [0.2, 0.25) is 0 Å². The van der Waals surface area contributed by atoms with Crippen molar-refractivity contribution in [3.05, 3.63) is 59.4 Å². The number of nitrogens with zero attached hydrogens (tertiary/aromatic N) is 3. The maximum Gasteiger partial charge on any atom is 0.234 e. The van der Waals surface area contributed by atoms with E-state index < -0.39 is 0 Å². The third kappa shape index (κ3) is 5.69. The Morgan fingerprint density at radius 3 is 2.71 bits per heavy atom. The third-order valence-corrected chi connectivity index (χ3v) is 5.54. The van der Waals surface area contributed by atoms with Gasteiger partial charge in [-0.2, -0.15) is 0 Å². The van der Waals surface area contributed by atoms with Gasteiger partial charge in [0.1, 0.15) is 18.1 Å². The fourth-order valence-corrected chi connectivity index (χ4v) is 3.63. The number of hydrogen-bond donors (Lipinski definition) is 2. The topological polar surface area (TPSA) is 104 Å². The Hall–Kier alpha value is -3.20. The van der Waals surface area contributed by atoms with Crippen molar-refractivity contribution in [1.29, 1.82) is 0 Å². The molecule has 3 aromatic rings. The van der Waals surface area contributed by atoms with E-state index in [-0.39, 0.29) is 18.3 Å². The number of para-hydroxylation sites is 2. The second kappa shape index (κ2) is 10.2. The molecule has 0 radical (unpaired) electrons. The number of aryl methyl sites for hydroxylation is 1. The molecule has 164 valence electrons. The molecule has 0 saturated heterocycles. The first-order chi connectivity index (χ1) is 14.9. The number of thioether (sulfide) groups is 1. The van der Waals surface area contributed by atoms with Crippen molar-refractivity contribution in [2.24, 2.45) is 0 Å². The summed E-state index contributed by atoms with van der Waals surface area (Å²) in [5.74, 6) is 8.26. The summed E-state index contributed by atoms with van der Waals surface area (Å²) in [5.41, 5.74) is 2.85. The largest absolute Gasteiger partial charge is 0.495 e. The normalized spacial score (nSPS) is 10.9. The Balaban J connectivity index is 1.59. The number of carbonyl (C=O) groups excluding carboxylic acids is 1. The first kappa shape index (κ1) is 22.5. The molecule has 0 atom stereocenters. The minimum atomic E-state index is -0.198. The zero-order chi connectivity index (χ0) is 22.4. The Kier molecular flexibility index (Phi) is 7.41. The average molecular weight is 442 g/mol. The number of methoxy groups -OCH3 is 1. The average Bonchev–Trinajstić information content (AvgIpc) is 3.10. The van der Waals surface area contributed by atoms with E-state index in [0.717, 1.165) is 16.9 Å². The molecule has 8 nitrogen and oxygen atoms in total. The molecule has 0 aliphatic heterocycles. The van der Waals surface area contributed by atoms with E-state index in [1.165, 1.54) is 16.4 Å². The number of benzene rings is 2. The van der Waals surface area contributed by atoms with E-state index in [1.807, 2.05) is 25.1 Å². The van der Waals surface area contributed by atoms with Crippen LogP contribution in [0.15, 0.2) is 47.6 Å². The molecule has 0 aliphatic carbocycles. The molecule has 0 spiro atoms. The SMILES string of the molecule is COc1ccccc1NC(=O)CSc1nnc(COc2cc(C)ccc2C(C)C)n1N. The minimum absolute atomic E-state index is 0.129. The number of anilines is 1. The van der Waals surface area contributed by atoms with E-state index in [1.54, 1.807) is 19.2 Å². The summed E-state index contributed by atoms with van der Waals surface area (Å²) in [7, 11) is 1.56. The summed E-state index contributed by atoms with van der Waals surface area (Å²) in [6.45, 7) is 6.44. The van der Waals surface area contributed by atoms with Crippen LogP contribution in [-0.2, 0) is 11.4 Å².